The van der Waals surface area contributed by atoms with Crippen LogP contribution in [0.4, 0.5) is 4.39 Å². The molecule has 0 spiro atoms. The van der Waals surface area contributed by atoms with Crippen LogP contribution in [0.2, 0.25) is 0 Å². The molecule has 0 saturated heterocycles. The quantitative estimate of drug-likeness (QED) is 0.744. The molecule has 1 rings (SSSR count). The van der Waals surface area contributed by atoms with Crippen molar-refractivity contribution in [1.82, 2.24) is 5.32 Å². The maximum absolute atomic E-state index is 12.9. The molecule has 0 bridgehead atoms. The van der Waals surface area contributed by atoms with Crippen LogP contribution in [-0.4, -0.2) is 19.0 Å². The maximum atomic E-state index is 12.9. The molecule has 94 valence electrons. The van der Waals surface area contributed by atoms with E-state index in [0.29, 0.717) is 24.6 Å². The minimum absolute atomic E-state index is 0.232. The highest BCUT2D eigenvalue weighted by atomic mass is 19.1. The number of rotatable bonds is 6. The van der Waals surface area contributed by atoms with E-state index in [1.165, 1.54) is 18.2 Å². The number of carbonyl (C=O) groups excluding carboxylic acids is 1. The summed E-state index contributed by atoms with van der Waals surface area (Å²) in [4.78, 5) is 11.6. The minimum Gasteiger partial charge on any atom is -0.352 e. The largest absolute Gasteiger partial charge is 0.352 e. The van der Waals surface area contributed by atoms with Crippen LogP contribution in [0.15, 0.2) is 24.3 Å². The number of amides is 1. The first-order valence-electron chi connectivity index (χ1n) is 5.87. The van der Waals surface area contributed by atoms with Gasteiger partial charge in [0.25, 0.3) is 5.91 Å². The molecule has 1 aromatic rings. The molecule has 1 aromatic carbocycles. The van der Waals surface area contributed by atoms with Crippen LogP contribution in [0.5, 0.6) is 0 Å². The molecule has 0 aliphatic carbocycles. The highest BCUT2D eigenvalue weighted by Crippen LogP contribution is 2.04. The Morgan fingerprint density at radius 2 is 2.29 bits per heavy atom. The molecule has 1 unspecified atom stereocenters. The summed E-state index contributed by atoms with van der Waals surface area (Å²) in [6.45, 7) is 3.34. The molecule has 0 aliphatic heterocycles. The van der Waals surface area contributed by atoms with E-state index in [-0.39, 0.29) is 5.91 Å². The van der Waals surface area contributed by atoms with Crippen LogP contribution < -0.4 is 11.1 Å². The van der Waals surface area contributed by atoms with Crippen molar-refractivity contribution in [3.63, 3.8) is 0 Å². The van der Waals surface area contributed by atoms with Crippen molar-refractivity contribution in [2.45, 2.75) is 19.8 Å². The van der Waals surface area contributed by atoms with E-state index >= 15 is 0 Å². The average molecular weight is 238 g/mol. The van der Waals surface area contributed by atoms with E-state index < -0.39 is 5.82 Å². The summed E-state index contributed by atoms with van der Waals surface area (Å²) in [6, 6.07) is 5.68. The zero-order valence-corrected chi connectivity index (χ0v) is 10.1. The molecule has 0 aromatic heterocycles. The Balaban J connectivity index is 2.30. The van der Waals surface area contributed by atoms with Gasteiger partial charge in [0.1, 0.15) is 5.82 Å². The Hall–Kier alpha value is -1.42. The SMILES string of the molecule is CC(CN)CCCNC(=O)c1cccc(F)c1. The zero-order chi connectivity index (χ0) is 12.7. The van der Waals surface area contributed by atoms with E-state index in [9.17, 15) is 9.18 Å². The summed E-state index contributed by atoms with van der Waals surface area (Å²) < 4.78 is 12.9. The molecule has 0 saturated carbocycles. The van der Waals surface area contributed by atoms with E-state index in [1.54, 1.807) is 6.07 Å². The van der Waals surface area contributed by atoms with Crippen LogP contribution in [0.1, 0.15) is 30.1 Å². The Morgan fingerprint density at radius 3 is 2.94 bits per heavy atom. The third-order valence-corrected chi connectivity index (χ3v) is 2.65. The van der Waals surface area contributed by atoms with Gasteiger partial charge in [0.2, 0.25) is 0 Å². The molecule has 0 aliphatic rings. The monoisotopic (exact) mass is 238 g/mol. The molecule has 1 atom stereocenters. The van der Waals surface area contributed by atoms with Crippen molar-refractivity contribution in [2.24, 2.45) is 11.7 Å². The van der Waals surface area contributed by atoms with Gasteiger partial charge in [-0.3, -0.25) is 4.79 Å². The number of halogens is 1. The molecular weight excluding hydrogens is 219 g/mol. The second-order valence-electron chi connectivity index (χ2n) is 4.25. The van der Waals surface area contributed by atoms with E-state index in [2.05, 4.69) is 12.2 Å². The Bertz CT molecular complexity index is 368. The first kappa shape index (κ1) is 13.6. The fourth-order valence-electron chi connectivity index (χ4n) is 1.50. The highest BCUT2D eigenvalue weighted by molar-refractivity contribution is 5.94. The second kappa shape index (κ2) is 7.01. The van der Waals surface area contributed by atoms with Crippen LogP contribution in [-0.2, 0) is 0 Å². The Labute approximate surface area is 101 Å². The van der Waals surface area contributed by atoms with Gasteiger partial charge in [0, 0.05) is 12.1 Å². The Kier molecular flexibility index (Phi) is 5.63. The summed E-state index contributed by atoms with van der Waals surface area (Å²) >= 11 is 0. The lowest BCUT2D eigenvalue weighted by atomic mass is 10.1. The van der Waals surface area contributed by atoms with Crippen molar-refractivity contribution < 1.29 is 9.18 Å². The third-order valence-electron chi connectivity index (χ3n) is 2.65. The number of benzene rings is 1. The maximum Gasteiger partial charge on any atom is 0.251 e. The van der Waals surface area contributed by atoms with E-state index in [4.69, 9.17) is 5.73 Å². The van der Waals surface area contributed by atoms with Crippen molar-refractivity contribution in [3.8, 4) is 0 Å². The summed E-state index contributed by atoms with van der Waals surface area (Å²) in [5, 5.41) is 2.76. The van der Waals surface area contributed by atoms with E-state index in [0.717, 1.165) is 12.8 Å². The molecule has 0 heterocycles. The van der Waals surface area contributed by atoms with Gasteiger partial charge in [-0.1, -0.05) is 13.0 Å². The predicted octanol–water partition coefficient (Wildman–Crippen LogP) is 1.93. The van der Waals surface area contributed by atoms with Crippen molar-refractivity contribution in [1.29, 1.82) is 0 Å². The fraction of sp³-hybridized carbons (Fsp3) is 0.462. The second-order valence-corrected chi connectivity index (χ2v) is 4.25. The lowest BCUT2D eigenvalue weighted by Gasteiger charge is -2.08. The standard InChI is InChI=1S/C13H19FN2O/c1-10(9-15)4-3-7-16-13(17)11-5-2-6-12(14)8-11/h2,5-6,8,10H,3-4,7,9,15H2,1H3,(H,16,17). The first-order chi connectivity index (χ1) is 8.13. The summed E-state index contributed by atoms with van der Waals surface area (Å²) in [5.41, 5.74) is 5.85. The Morgan fingerprint density at radius 1 is 1.53 bits per heavy atom. The predicted molar refractivity (Wildman–Crippen MR) is 66.2 cm³/mol. The van der Waals surface area contributed by atoms with Crippen LogP contribution in [0.3, 0.4) is 0 Å². The van der Waals surface area contributed by atoms with E-state index in [1.807, 2.05) is 0 Å². The normalized spacial score (nSPS) is 12.2. The van der Waals surface area contributed by atoms with Crippen LogP contribution >= 0.6 is 0 Å². The lowest BCUT2D eigenvalue weighted by Crippen LogP contribution is -2.25. The number of nitrogens with two attached hydrogens (primary N) is 1. The fourth-order valence-corrected chi connectivity index (χ4v) is 1.50. The zero-order valence-electron chi connectivity index (χ0n) is 10.1. The molecule has 4 heteroatoms. The molecule has 17 heavy (non-hydrogen) atoms. The molecule has 3 nitrogen and oxygen atoms in total. The third kappa shape index (κ3) is 4.95. The van der Waals surface area contributed by atoms with Gasteiger partial charge in [-0.25, -0.2) is 4.39 Å². The number of nitrogens with one attached hydrogen (secondary N) is 1. The summed E-state index contributed by atoms with van der Waals surface area (Å²) in [6.07, 6.45) is 1.87. The van der Waals surface area contributed by atoms with Gasteiger partial charge in [0.05, 0.1) is 0 Å². The molecule has 0 fully saturated rings. The van der Waals surface area contributed by atoms with Crippen molar-refractivity contribution >= 4 is 5.91 Å². The van der Waals surface area contributed by atoms with Gasteiger partial charge in [-0.2, -0.15) is 0 Å². The summed E-state index contributed by atoms with van der Waals surface area (Å²) in [7, 11) is 0. The molecule has 1 amide bonds. The molecule has 3 N–H and O–H groups in total. The van der Waals surface area contributed by atoms with Gasteiger partial charge in [-0.05, 0) is 43.5 Å². The smallest absolute Gasteiger partial charge is 0.251 e. The minimum atomic E-state index is -0.394. The summed E-state index contributed by atoms with van der Waals surface area (Å²) in [5.74, 6) is -0.152. The van der Waals surface area contributed by atoms with Gasteiger partial charge >= 0.3 is 0 Å². The van der Waals surface area contributed by atoms with Crippen LogP contribution in [0, 0.1) is 11.7 Å². The van der Waals surface area contributed by atoms with Gasteiger partial charge in [0.15, 0.2) is 0 Å². The topological polar surface area (TPSA) is 55.1 Å². The molecule has 0 radical (unpaired) electrons. The van der Waals surface area contributed by atoms with Crippen molar-refractivity contribution in [3.05, 3.63) is 35.6 Å². The van der Waals surface area contributed by atoms with Crippen LogP contribution in [0.25, 0.3) is 0 Å². The first-order valence-corrected chi connectivity index (χ1v) is 5.87. The molecular formula is C13H19FN2O. The number of hydrogen-bond acceptors (Lipinski definition) is 2. The van der Waals surface area contributed by atoms with Gasteiger partial charge < -0.3 is 11.1 Å². The van der Waals surface area contributed by atoms with Crippen molar-refractivity contribution in [2.75, 3.05) is 13.1 Å². The number of carbonyl (C=O) groups is 1. The lowest BCUT2D eigenvalue weighted by molar-refractivity contribution is 0.0952. The average Bonchev–Trinajstić information content (AvgIpc) is 2.34. The van der Waals surface area contributed by atoms with Gasteiger partial charge in [-0.15, -0.1) is 0 Å². The highest BCUT2D eigenvalue weighted by Gasteiger charge is 2.05. The number of hydrogen-bond donors (Lipinski definition) is 2.